The highest BCUT2D eigenvalue weighted by Crippen LogP contribution is 2.44. The van der Waals surface area contributed by atoms with Crippen molar-refractivity contribution in [3.63, 3.8) is 0 Å². The molecule has 2 aliphatic rings. The number of aliphatic hydroxyl groups is 2. The number of halogens is 1. The molecule has 5 heteroatoms. The Hall–Kier alpha value is -1.95. The molecule has 2 N–H and O–H groups in total. The third kappa shape index (κ3) is 3.47. The van der Waals surface area contributed by atoms with Crippen molar-refractivity contribution in [1.29, 1.82) is 0 Å². The van der Waals surface area contributed by atoms with Crippen LogP contribution in [0.5, 0.6) is 5.75 Å². The predicted molar refractivity (Wildman–Crippen MR) is 96.4 cm³/mol. The van der Waals surface area contributed by atoms with Crippen molar-refractivity contribution in [2.24, 2.45) is 0 Å². The van der Waals surface area contributed by atoms with E-state index >= 15 is 0 Å². The summed E-state index contributed by atoms with van der Waals surface area (Å²) in [6.45, 7) is 2.11. The monoisotopic (exact) mass is 357 g/mol. The van der Waals surface area contributed by atoms with E-state index in [0.29, 0.717) is 13.0 Å². The molecule has 1 spiro atoms. The van der Waals surface area contributed by atoms with E-state index in [4.69, 9.17) is 4.74 Å². The second-order valence-corrected chi connectivity index (χ2v) is 7.41. The van der Waals surface area contributed by atoms with E-state index in [2.05, 4.69) is 4.90 Å². The van der Waals surface area contributed by atoms with Crippen LogP contribution in [0.4, 0.5) is 4.39 Å². The fourth-order valence-electron chi connectivity index (χ4n) is 4.07. The van der Waals surface area contributed by atoms with Crippen LogP contribution in [0.15, 0.2) is 48.5 Å². The fourth-order valence-corrected chi connectivity index (χ4v) is 4.07. The average Bonchev–Trinajstić information content (AvgIpc) is 2.64. The quantitative estimate of drug-likeness (QED) is 0.886. The van der Waals surface area contributed by atoms with Gasteiger partial charge in [0, 0.05) is 31.6 Å². The Bertz CT molecular complexity index is 756. The van der Waals surface area contributed by atoms with Gasteiger partial charge in [0.2, 0.25) is 0 Å². The minimum atomic E-state index is -0.636. The summed E-state index contributed by atoms with van der Waals surface area (Å²) >= 11 is 0. The SMILES string of the molecule is OC(CN1CCC2(CC1)CC(O)c1ccccc1O2)c1ccc(F)cc1. The summed E-state index contributed by atoms with van der Waals surface area (Å²) < 4.78 is 19.3. The first-order valence-corrected chi connectivity index (χ1v) is 9.17. The molecule has 2 atom stereocenters. The molecule has 2 heterocycles. The van der Waals surface area contributed by atoms with Crippen LogP contribution < -0.4 is 4.74 Å². The molecule has 2 aliphatic heterocycles. The molecule has 2 aromatic rings. The maximum absolute atomic E-state index is 13.0. The Morgan fingerprint density at radius 1 is 1.12 bits per heavy atom. The van der Waals surface area contributed by atoms with Gasteiger partial charge >= 0.3 is 0 Å². The number of aliphatic hydroxyl groups excluding tert-OH is 2. The molecular formula is C21H24FNO3. The van der Waals surface area contributed by atoms with Gasteiger partial charge in [-0.05, 0) is 36.6 Å². The van der Waals surface area contributed by atoms with Gasteiger partial charge in [0.1, 0.15) is 17.2 Å². The first-order valence-electron chi connectivity index (χ1n) is 9.17. The van der Waals surface area contributed by atoms with Gasteiger partial charge in [0.25, 0.3) is 0 Å². The molecule has 4 nitrogen and oxygen atoms in total. The molecule has 26 heavy (non-hydrogen) atoms. The van der Waals surface area contributed by atoms with Gasteiger partial charge in [0.15, 0.2) is 0 Å². The van der Waals surface area contributed by atoms with Gasteiger partial charge in [-0.3, -0.25) is 0 Å². The Morgan fingerprint density at radius 3 is 2.54 bits per heavy atom. The molecule has 2 aromatic carbocycles. The highest BCUT2D eigenvalue weighted by Gasteiger charge is 2.42. The average molecular weight is 357 g/mol. The molecule has 0 amide bonds. The molecule has 1 fully saturated rings. The topological polar surface area (TPSA) is 52.9 Å². The number of β-amino-alcohol motifs (C(OH)–C–C–N with tert-alkyl or cyclic N) is 1. The highest BCUT2D eigenvalue weighted by atomic mass is 19.1. The molecule has 2 unspecified atom stereocenters. The summed E-state index contributed by atoms with van der Waals surface area (Å²) in [4.78, 5) is 2.20. The van der Waals surface area contributed by atoms with Crippen molar-refractivity contribution in [2.75, 3.05) is 19.6 Å². The molecule has 0 radical (unpaired) electrons. The van der Waals surface area contributed by atoms with Gasteiger partial charge in [-0.1, -0.05) is 30.3 Å². The molecule has 138 valence electrons. The first kappa shape index (κ1) is 17.5. The number of benzene rings is 2. The number of rotatable bonds is 3. The van der Waals surface area contributed by atoms with Crippen molar-refractivity contribution < 1.29 is 19.3 Å². The van der Waals surface area contributed by atoms with Crippen molar-refractivity contribution in [2.45, 2.75) is 37.1 Å². The summed E-state index contributed by atoms with van der Waals surface area (Å²) in [7, 11) is 0. The Labute approximate surface area is 152 Å². The summed E-state index contributed by atoms with van der Waals surface area (Å²) in [5.41, 5.74) is 1.27. The fraction of sp³-hybridized carbons (Fsp3) is 0.429. The number of fused-ring (bicyclic) bond motifs is 1. The van der Waals surface area contributed by atoms with E-state index in [1.807, 2.05) is 24.3 Å². The highest BCUT2D eigenvalue weighted by molar-refractivity contribution is 5.38. The maximum Gasteiger partial charge on any atom is 0.125 e. The Morgan fingerprint density at radius 2 is 1.81 bits per heavy atom. The zero-order chi connectivity index (χ0) is 18.1. The largest absolute Gasteiger partial charge is 0.487 e. The second-order valence-electron chi connectivity index (χ2n) is 7.41. The summed E-state index contributed by atoms with van der Waals surface area (Å²) in [5.74, 6) is 0.486. The minimum absolute atomic E-state index is 0.297. The minimum Gasteiger partial charge on any atom is -0.487 e. The predicted octanol–water partition coefficient (Wildman–Crippen LogP) is 3.21. The maximum atomic E-state index is 13.0. The standard InChI is InChI=1S/C21H24FNO3/c22-16-7-5-15(6-8-16)19(25)14-23-11-9-21(10-12-23)13-18(24)17-3-1-2-4-20(17)26-21/h1-8,18-19,24-25H,9-14H2. The molecule has 0 bridgehead atoms. The van der Waals surface area contributed by atoms with Crippen molar-refractivity contribution >= 4 is 0 Å². The molecule has 4 rings (SSSR count). The number of nitrogens with zero attached hydrogens (tertiary/aromatic N) is 1. The number of piperidine rings is 1. The number of likely N-dealkylation sites (tertiary alicyclic amines) is 1. The molecule has 0 saturated carbocycles. The second kappa shape index (κ2) is 6.99. The van der Waals surface area contributed by atoms with Gasteiger partial charge < -0.3 is 19.8 Å². The zero-order valence-corrected chi connectivity index (χ0v) is 14.6. The van der Waals surface area contributed by atoms with Crippen LogP contribution in [0.3, 0.4) is 0 Å². The number of hydrogen-bond acceptors (Lipinski definition) is 4. The summed E-state index contributed by atoms with van der Waals surface area (Å²) in [6.07, 6.45) is 1.11. The Balaban J connectivity index is 1.38. The van der Waals surface area contributed by atoms with Crippen LogP contribution in [-0.4, -0.2) is 40.3 Å². The number of hydrogen-bond donors (Lipinski definition) is 2. The van der Waals surface area contributed by atoms with Gasteiger partial charge in [-0.25, -0.2) is 4.39 Å². The van der Waals surface area contributed by atoms with Crippen molar-refractivity contribution in [3.8, 4) is 5.75 Å². The lowest BCUT2D eigenvalue weighted by Crippen LogP contribution is -2.51. The van der Waals surface area contributed by atoms with E-state index in [-0.39, 0.29) is 11.4 Å². The van der Waals surface area contributed by atoms with E-state index < -0.39 is 12.2 Å². The zero-order valence-electron chi connectivity index (χ0n) is 14.6. The molecule has 0 aromatic heterocycles. The van der Waals surface area contributed by atoms with E-state index in [1.165, 1.54) is 12.1 Å². The van der Waals surface area contributed by atoms with Crippen LogP contribution >= 0.6 is 0 Å². The van der Waals surface area contributed by atoms with Crippen molar-refractivity contribution in [1.82, 2.24) is 4.90 Å². The van der Waals surface area contributed by atoms with E-state index in [1.54, 1.807) is 12.1 Å². The third-order valence-corrected chi connectivity index (χ3v) is 5.62. The van der Waals surface area contributed by atoms with Crippen LogP contribution in [0.25, 0.3) is 0 Å². The molecule has 1 saturated heterocycles. The van der Waals surface area contributed by atoms with Crippen LogP contribution in [0.2, 0.25) is 0 Å². The summed E-state index contributed by atoms with van der Waals surface area (Å²) in [6, 6.07) is 13.7. The van der Waals surface area contributed by atoms with Crippen LogP contribution in [0, 0.1) is 5.82 Å². The Kier molecular flexibility index (Phi) is 4.69. The smallest absolute Gasteiger partial charge is 0.125 e. The summed E-state index contributed by atoms with van der Waals surface area (Å²) in [5, 5.41) is 20.9. The lowest BCUT2D eigenvalue weighted by atomic mass is 9.81. The van der Waals surface area contributed by atoms with Crippen molar-refractivity contribution in [3.05, 3.63) is 65.5 Å². The van der Waals surface area contributed by atoms with Gasteiger partial charge in [-0.15, -0.1) is 0 Å². The van der Waals surface area contributed by atoms with Crippen LogP contribution in [0.1, 0.15) is 42.6 Å². The van der Waals surface area contributed by atoms with E-state index in [0.717, 1.165) is 42.8 Å². The van der Waals surface area contributed by atoms with E-state index in [9.17, 15) is 14.6 Å². The molecular weight excluding hydrogens is 333 g/mol. The third-order valence-electron chi connectivity index (χ3n) is 5.62. The van der Waals surface area contributed by atoms with Crippen LogP contribution in [-0.2, 0) is 0 Å². The number of para-hydroxylation sites is 1. The normalized spacial score (nSPS) is 23.3. The van der Waals surface area contributed by atoms with Gasteiger partial charge in [0.05, 0.1) is 12.2 Å². The first-order chi connectivity index (χ1) is 12.5. The van der Waals surface area contributed by atoms with Gasteiger partial charge in [-0.2, -0.15) is 0 Å². The lowest BCUT2D eigenvalue weighted by Gasteiger charge is -2.46. The lowest BCUT2D eigenvalue weighted by molar-refractivity contribution is -0.0587. The molecule has 0 aliphatic carbocycles. The number of ether oxygens (including phenoxy) is 1.